The average Bonchev–Trinajstić information content (AvgIpc) is 2.72. The number of benzene rings is 1. The summed E-state index contributed by atoms with van der Waals surface area (Å²) in [5, 5.41) is 3.40. The second kappa shape index (κ2) is 6.11. The average molecular weight is 227 g/mol. The van der Waals surface area contributed by atoms with Crippen molar-refractivity contribution in [2.45, 2.75) is 19.0 Å². The maximum absolute atomic E-state index is 3.40. The highest BCUT2D eigenvalue weighted by Crippen LogP contribution is 2.10. The molecule has 1 N–H and O–H groups in total. The smallest absolute Gasteiger partial charge is 0.0234 e. The Balaban J connectivity index is 0.00000112. The number of rotatable bonds is 3. The van der Waals surface area contributed by atoms with Gasteiger partial charge in [0.15, 0.2) is 0 Å². The largest absolute Gasteiger partial charge is 0.315 e. The lowest BCUT2D eigenvalue weighted by atomic mass is 10.1. The van der Waals surface area contributed by atoms with E-state index in [0.717, 1.165) is 19.1 Å². The molecule has 0 amide bonds. The third kappa shape index (κ3) is 3.49. The predicted octanol–water partition coefficient (Wildman–Crippen LogP) is 1.90. The molecule has 1 aromatic rings. The molecule has 1 aliphatic rings. The minimum absolute atomic E-state index is 0. The molecule has 1 fully saturated rings. The predicted molar refractivity (Wildman–Crippen MR) is 66.4 cm³/mol. The standard InChI is InChI=1S/C12H18N2.ClH/c1-14(12-7-8-13-9-12)10-11-5-3-2-4-6-11;/h2-6,12-13H,7-10H2,1H3;1H. The Morgan fingerprint density at radius 2 is 2.07 bits per heavy atom. The van der Waals surface area contributed by atoms with Crippen molar-refractivity contribution in [2.75, 3.05) is 20.1 Å². The van der Waals surface area contributed by atoms with Gasteiger partial charge in [0, 0.05) is 19.1 Å². The van der Waals surface area contributed by atoms with Gasteiger partial charge in [0.2, 0.25) is 0 Å². The van der Waals surface area contributed by atoms with Gasteiger partial charge in [-0.25, -0.2) is 0 Å². The molecule has 1 atom stereocenters. The number of nitrogens with zero attached hydrogens (tertiary/aromatic N) is 1. The second-order valence-corrected chi connectivity index (χ2v) is 4.05. The van der Waals surface area contributed by atoms with Crippen LogP contribution in [0.1, 0.15) is 12.0 Å². The first-order valence-electron chi connectivity index (χ1n) is 5.31. The zero-order valence-electron chi connectivity index (χ0n) is 9.15. The highest BCUT2D eigenvalue weighted by atomic mass is 35.5. The summed E-state index contributed by atoms with van der Waals surface area (Å²) in [6, 6.07) is 11.4. The van der Waals surface area contributed by atoms with E-state index in [-0.39, 0.29) is 12.4 Å². The van der Waals surface area contributed by atoms with Crippen LogP contribution in [0.2, 0.25) is 0 Å². The number of nitrogens with one attached hydrogen (secondary N) is 1. The van der Waals surface area contributed by atoms with E-state index in [9.17, 15) is 0 Å². The van der Waals surface area contributed by atoms with Gasteiger partial charge in [0.25, 0.3) is 0 Å². The Morgan fingerprint density at radius 3 is 2.67 bits per heavy atom. The summed E-state index contributed by atoms with van der Waals surface area (Å²) >= 11 is 0. The Labute approximate surface area is 98.1 Å². The van der Waals surface area contributed by atoms with Crippen molar-refractivity contribution in [3.8, 4) is 0 Å². The molecule has 15 heavy (non-hydrogen) atoms. The van der Waals surface area contributed by atoms with Crippen LogP contribution in [0.15, 0.2) is 30.3 Å². The van der Waals surface area contributed by atoms with Crippen molar-refractivity contribution in [3.05, 3.63) is 35.9 Å². The van der Waals surface area contributed by atoms with Crippen LogP contribution < -0.4 is 5.32 Å². The van der Waals surface area contributed by atoms with Crippen LogP contribution in [-0.4, -0.2) is 31.1 Å². The fraction of sp³-hybridized carbons (Fsp3) is 0.500. The van der Waals surface area contributed by atoms with E-state index in [2.05, 4.69) is 47.6 Å². The van der Waals surface area contributed by atoms with Gasteiger partial charge in [-0.15, -0.1) is 12.4 Å². The lowest BCUT2D eigenvalue weighted by Gasteiger charge is -2.23. The fourth-order valence-corrected chi connectivity index (χ4v) is 2.02. The van der Waals surface area contributed by atoms with Crippen molar-refractivity contribution in [3.63, 3.8) is 0 Å². The first-order chi connectivity index (χ1) is 6.86. The minimum atomic E-state index is 0. The normalized spacial score (nSPS) is 20.3. The second-order valence-electron chi connectivity index (χ2n) is 4.05. The van der Waals surface area contributed by atoms with E-state index >= 15 is 0 Å². The summed E-state index contributed by atoms with van der Waals surface area (Å²) in [6.45, 7) is 3.38. The molecular formula is C12H19ClN2. The quantitative estimate of drug-likeness (QED) is 0.847. The molecular weight excluding hydrogens is 208 g/mol. The number of likely N-dealkylation sites (N-methyl/N-ethyl adjacent to an activating group) is 1. The van der Waals surface area contributed by atoms with Crippen molar-refractivity contribution >= 4 is 12.4 Å². The van der Waals surface area contributed by atoms with Crippen LogP contribution >= 0.6 is 12.4 Å². The van der Waals surface area contributed by atoms with E-state index in [0.29, 0.717) is 0 Å². The van der Waals surface area contributed by atoms with Gasteiger partial charge in [0.1, 0.15) is 0 Å². The van der Waals surface area contributed by atoms with Gasteiger partial charge < -0.3 is 5.32 Å². The molecule has 0 radical (unpaired) electrons. The molecule has 2 rings (SSSR count). The Bertz CT molecular complexity index is 270. The van der Waals surface area contributed by atoms with Crippen molar-refractivity contribution in [1.82, 2.24) is 10.2 Å². The van der Waals surface area contributed by atoms with Crippen molar-refractivity contribution < 1.29 is 0 Å². The molecule has 3 heteroatoms. The summed E-state index contributed by atoms with van der Waals surface area (Å²) in [4.78, 5) is 2.44. The Morgan fingerprint density at radius 1 is 1.33 bits per heavy atom. The topological polar surface area (TPSA) is 15.3 Å². The van der Waals surface area contributed by atoms with Gasteiger partial charge in [-0.05, 0) is 25.6 Å². The van der Waals surface area contributed by atoms with Gasteiger partial charge >= 0.3 is 0 Å². The molecule has 0 spiro atoms. The van der Waals surface area contributed by atoms with Crippen LogP contribution in [0.4, 0.5) is 0 Å². The van der Waals surface area contributed by atoms with Crippen LogP contribution in [0, 0.1) is 0 Å². The molecule has 1 saturated heterocycles. The summed E-state index contributed by atoms with van der Waals surface area (Å²) < 4.78 is 0. The maximum atomic E-state index is 3.40. The lowest BCUT2D eigenvalue weighted by molar-refractivity contribution is 0.249. The van der Waals surface area contributed by atoms with Crippen LogP contribution in [0.5, 0.6) is 0 Å². The third-order valence-electron chi connectivity index (χ3n) is 2.93. The molecule has 0 aliphatic carbocycles. The molecule has 0 aromatic heterocycles. The zero-order chi connectivity index (χ0) is 9.80. The fourth-order valence-electron chi connectivity index (χ4n) is 2.02. The lowest BCUT2D eigenvalue weighted by Crippen LogP contribution is -2.32. The van der Waals surface area contributed by atoms with Gasteiger partial charge in [-0.3, -0.25) is 4.90 Å². The maximum Gasteiger partial charge on any atom is 0.0234 e. The van der Waals surface area contributed by atoms with Gasteiger partial charge in [0.05, 0.1) is 0 Å². The molecule has 2 nitrogen and oxygen atoms in total. The first kappa shape index (κ1) is 12.5. The van der Waals surface area contributed by atoms with E-state index < -0.39 is 0 Å². The van der Waals surface area contributed by atoms with E-state index in [1.54, 1.807) is 0 Å². The molecule has 0 bridgehead atoms. The number of hydrogen-bond donors (Lipinski definition) is 1. The zero-order valence-corrected chi connectivity index (χ0v) is 9.96. The van der Waals surface area contributed by atoms with Crippen molar-refractivity contribution in [1.29, 1.82) is 0 Å². The number of halogens is 1. The Hall–Kier alpha value is -0.570. The molecule has 0 saturated carbocycles. The summed E-state index contributed by atoms with van der Waals surface area (Å²) in [5.74, 6) is 0. The van der Waals surface area contributed by atoms with Crippen molar-refractivity contribution in [2.24, 2.45) is 0 Å². The number of hydrogen-bond acceptors (Lipinski definition) is 2. The molecule has 84 valence electrons. The van der Waals surface area contributed by atoms with Crippen LogP contribution in [-0.2, 0) is 6.54 Å². The van der Waals surface area contributed by atoms with Gasteiger partial charge in [-0.2, -0.15) is 0 Å². The highest BCUT2D eigenvalue weighted by molar-refractivity contribution is 5.85. The monoisotopic (exact) mass is 226 g/mol. The third-order valence-corrected chi connectivity index (χ3v) is 2.93. The molecule has 1 aliphatic heterocycles. The molecule has 1 unspecified atom stereocenters. The summed E-state index contributed by atoms with van der Waals surface area (Å²) in [6.07, 6.45) is 1.28. The van der Waals surface area contributed by atoms with Crippen LogP contribution in [0.3, 0.4) is 0 Å². The summed E-state index contributed by atoms with van der Waals surface area (Å²) in [7, 11) is 2.21. The highest BCUT2D eigenvalue weighted by Gasteiger charge is 2.18. The first-order valence-corrected chi connectivity index (χ1v) is 5.31. The summed E-state index contributed by atoms with van der Waals surface area (Å²) in [5.41, 5.74) is 1.40. The van der Waals surface area contributed by atoms with Gasteiger partial charge in [-0.1, -0.05) is 30.3 Å². The van der Waals surface area contributed by atoms with E-state index in [4.69, 9.17) is 0 Å². The van der Waals surface area contributed by atoms with Crippen LogP contribution in [0.25, 0.3) is 0 Å². The molecule has 1 aromatic carbocycles. The van der Waals surface area contributed by atoms with E-state index in [1.165, 1.54) is 18.5 Å². The molecule has 1 heterocycles. The Kier molecular flexibility index (Phi) is 5.09. The SMILES string of the molecule is CN(Cc1ccccc1)C1CCNC1.Cl. The van der Waals surface area contributed by atoms with E-state index in [1.807, 2.05) is 0 Å². The minimum Gasteiger partial charge on any atom is -0.315 e.